The van der Waals surface area contributed by atoms with Crippen LogP contribution in [0.5, 0.6) is 0 Å². The van der Waals surface area contributed by atoms with Gasteiger partial charge in [-0.2, -0.15) is 0 Å². The van der Waals surface area contributed by atoms with E-state index < -0.39 is 15.7 Å². The van der Waals surface area contributed by atoms with Crippen LogP contribution in [0.2, 0.25) is 0 Å². The lowest BCUT2D eigenvalue weighted by Gasteiger charge is -2.04. The maximum atomic E-state index is 13.0. The molecule has 1 rings (SSSR count). The quantitative estimate of drug-likeness (QED) is 0.750. The van der Waals surface area contributed by atoms with E-state index >= 15 is 0 Å². The lowest BCUT2D eigenvalue weighted by atomic mass is 10.1. The molecule has 1 aromatic rings. The second-order valence-electron chi connectivity index (χ2n) is 3.89. The van der Waals surface area contributed by atoms with Gasteiger partial charge in [0.2, 0.25) is 0 Å². The summed E-state index contributed by atoms with van der Waals surface area (Å²) < 4.78 is 36.0. The van der Waals surface area contributed by atoms with Gasteiger partial charge in [0.25, 0.3) is 0 Å². The maximum absolute atomic E-state index is 13.0. The van der Waals surface area contributed by atoms with Gasteiger partial charge in [0.15, 0.2) is 5.78 Å². The van der Waals surface area contributed by atoms with Crippen LogP contribution in [0.25, 0.3) is 0 Å². The Morgan fingerprint density at radius 1 is 1.39 bits per heavy atom. The van der Waals surface area contributed by atoms with Crippen LogP contribution in [0.1, 0.15) is 30.1 Å². The van der Waals surface area contributed by atoms with E-state index in [1.165, 1.54) is 12.1 Å². The van der Waals surface area contributed by atoms with Crippen molar-refractivity contribution >= 4 is 31.6 Å². The normalized spacial score (nSPS) is 11.5. The van der Waals surface area contributed by atoms with Crippen LogP contribution in [0, 0.1) is 5.82 Å². The zero-order valence-electron chi connectivity index (χ0n) is 9.95. The third kappa shape index (κ3) is 4.49. The lowest BCUT2D eigenvalue weighted by Crippen LogP contribution is -2.10. The third-order valence-electron chi connectivity index (χ3n) is 2.53. The highest BCUT2D eigenvalue weighted by Gasteiger charge is 2.13. The average molecular weight is 337 g/mol. The summed E-state index contributed by atoms with van der Waals surface area (Å²) in [6.45, 7) is 1.57. The number of carbonyl (C=O) groups excluding carboxylic acids is 1. The highest BCUT2D eigenvalue weighted by molar-refractivity contribution is 9.10. The SMILES string of the molecule is CCS(=O)(=O)CCCC(=O)c1cc(F)ccc1Br. The molecule has 0 amide bonds. The van der Waals surface area contributed by atoms with E-state index in [1.807, 2.05) is 0 Å². The summed E-state index contributed by atoms with van der Waals surface area (Å²) in [6, 6.07) is 3.87. The van der Waals surface area contributed by atoms with Crippen molar-refractivity contribution < 1.29 is 17.6 Å². The number of sulfone groups is 1. The molecule has 0 N–H and O–H groups in total. The summed E-state index contributed by atoms with van der Waals surface area (Å²) in [7, 11) is -3.05. The summed E-state index contributed by atoms with van der Waals surface area (Å²) in [5.74, 6) is -0.678. The van der Waals surface area contributed by atoms with Gasteiger partial charge >= 0.3 is 0 Å². The van der Waals surface area contributed by atoms with Crippen LogP contribution < -0.4 is 0 Å². The molecule has 0 unspecified atom stereocenters. The molecule has 0 radical (unpaired) electrons. The topological polar surface area (TPSA) is 51.2 Å². The molecular weight excluding hydrogens is 323 g/mol. The first-order valence-corrected chi connectivity index (χ1v) is 8.16. The van der Waals surface area contributed by atoms with Crippen LogP contribution >= 0.6 is 15.9 Å². The molecular formula is C12H14BrFO3S. The third-order valence-corrected chi connectivity index (χ3v) is 5.01. The lowest BCUT2D eigenvalue weighted by molar-refractivity contribution is 0.0981. The summed E-state index contributed by atoms with van der Waals surface area (Å²) in [5.41, 5.74) is 0.254. The molecule has 18 heavy (non-hydrogen) atoms. The number of hydrogen-bond acceptors (Lipinski definition) is 3. The van der Waals surface area contributed by atoms with Crippen molar-refractivity contribution in [3.8, 4) is 0 Å². The second kappa shape index (κ2) is 6.43. The van der Waals surface area contributed by atoms with Crippen LogP contribution in [0.15, 0.2) is 22.7 Å². The molecule has 100 valence electrons. The van der Waals surface area contributed by atoms with Gasteiger partial charge in [0.1, 0.15) is 15.7 Å². The molecule has 0 aromatic heterocycles. The molecule has 3 nitrogen and oxygen atoms in total. The fourth-order valence-corrected chi connectivity index (χ4v) is 2.78. The van der Waals surface area contributed by atoms with Gasteiger partial charge in [-0.05, 0) is 24.6 Å². The highest BCUT2D eigenvalue weighted by atomic mass is 79.9. The Bertz CT molecular complexity index is 540. The Morgan fingerprint density at radius 3 is 2.67 bits per heavy atom. The Kier molecular flexibility index (Phi) is 5.47. The predicted molar refractivity (Wildman–Crippen MR) is 72.0 cm³/mol. The van der Waals surface area contributed by atoms with Crippen molar-refractivity contribution in [3.05, 3.63) is 34.1 Å². The largest absolute Gasteiger partial charge is 0.294 e. The molecule has 0 aliphatic carbocycles. The predicted octanol–water partition coefficient (Wildman–Crippen LogP) is 2.99. The summed E-state index contributed by atoms with van der Waals surface area (Å²) in [6.07, 6.45) is 0.360. The first-order valence-electron chi connectivity index (χ1n) is 5.54. The second-order valence-corrected chi connectivity index (χ2v) is 7.21. The van der Waals surface area contributed by atoms with Crippen molar-refractivity contribution in [1.82, 2.24) is 0 Å². The van der Waals surface area contributed by atoms with E-state index in [-0.39, 0.29) is 35.7 Å². The van der Waals surface area contributed by atoms with Crippen molar-refractivity contribution in [2.45, 2.75) is 19.8 Å². The van der Waals surface area contributed by atoms with Gasteiger partial charge in [-0.15, -0.1) is 0 Å². The van der Waals surface area contributed by atoms with Gasteiger partial charge < -0.3 is 0 Å². The molecule has 0 saturated heterocycles. The number of rotatable bonds is 6. The van der Waals surface area contributed by atoms with Crippen molar-refractivity contribution in [2.24, 2.45) is 0 Å². The summed E-state index contributed by atoms with van der Waals surface area (Å²) in [5, 5.41) is 0. The zero-order chi connectivity index (χ0) is 13.8. The average Bonchev–Trinajstić information content (AvgIpc) is 2.32. The highest BCUT2D eigenvalue weighted by Crippen LogP contribution is 2.20. The fourth-order valence-electron chi connectivity index (χ4n) is 1.44. The van der Waals surface area contributed by atoms with Crippen molar-refractivity contribution in [1.29, 1.82) is 0 Å². The monoisotopic (exact) mass is 336 g/mol. The maximum Gasteiger partial charge on any atom is 0.164 e. The van der Waals surface area contributed by atoms with E-state index in [0.717, 1.165) is 6.07 Å². The van der Waals surface area contributed by atoms with Crippen molar-refractivity contribution in [3.63, 3.8) is 0 Å². The smallest absolute Gasteiger partial charge is 0.164 e. The molecule has 0 aliphatic heterocycles. The van der Waals surface area contributed by atoms with Gasteiger partial charge in [-0.25, -0.2) is 12.8 Å². The Hall–Kier alpha value is -0.750. The molecule has 1 aromatic carbocycles. The van der Waals surface area contributed by atoms with Gasteiger partial charge in [0.05, 0.1) is 5.75 Å². The molecule has 0 heterocycles. The van der Waals surface area contributed by atoms with Crippen LogP contribution in [-0.4, -0.2) is 25.7 Å². The van der Waals surface area contributed by atoms with E-state index in [2.05, 4.69) is 15.9 Å². The minimum atomic E-state index is -3.05. The van der Waals surface area contributed by atoms with E-state index in [9.17, 15) is 17.6 Å². The number of ketones is 1. The number of benzene rings is 1. The molecule has 6 heteroatoms. The standard InChI is InChI=1S/C12H14BrFO3S/c1-2-18(16,17)7-3-4-12(15)10-8-9(14)5-6-11(10)13/h5-6,8H,2-4,7H2,1H3. The minimum Gasteiger partial charge on any atom is -0.294 e. The molecule has 0 aliphatic rings. The number of carbonyl (C=O) groups is 1. The number of halogens is 2. The molecule has 0 bridgehead atoms. The van der Waals surface area contributed by atoms with Crippen molar-refractivity contribution in [2.75, 3.05) is 11.5 Å². The van der Waals surface area contributed by atoms with E-state index in [4.69, 9.17) is 0 Å². The summed E-state index contributed by atoms with van der Waals surface area (Å²) in [4.78, 5) is 11.8. The van der Waals surface area contributed by atoms with Gasteiger partial charge in [-0.3, -0.25) is 4.79 Å². The number of hydrogen-bond donors (Lipinski definition) is 0. The van der Waals surface area contributed by atoms with Crippen LogP contribution in [0.4, 0.5) is 4.39 Å². The van der Waals surface area contributed by atoms with Crippen LogP contribution in [0.3, 0.4) is 0 Å². The minimum absolute atomic E-state index is 0.0117. The Balaban J connectivity index is 2.64. The zero-order valence-corrected chi connectivity index (χ0v) is 12.4. The van der Waals surface area contributed by atoms with Crippen LogP contribution in [-0.2, 0) is 9.84 Å². The van der Waals surface area contributed by atoms with Gasteiger partial charge in [0, 0.05) is 22.2 Å². The first kappa shape index (κ1) is 15.3. The van der Waals surface area contributed by atoms with Gasteiger partial charge in [-0.1, -0.05) is 22.9 Å². The molecule has 0 atom stereocenters. The van der Waals surface area contributed by atoms with E-state index in [0.29, 0.717) is 4.47 Å². The Morgan fingerprint density at radius 2 is 2.06 bits per heavy atom. The summed E-state index contributed by atoms with van der Waals surface area (Å²) >= 11 is 3.17. The molecule has 0 fully saturated rings. The number of Topliss-reactive ketones (excluding diaryl/α,β-unsaturated/α-hetero) is 1. The first-order chi connectivity index (χ1) is 8.35. The fraction of sp³-hybridized carbons (Fsp3) is 0.417. The Labute approximate surface area is 114 Å². The molecule has 0 spiro atoms. The molecule has 0 saturated carbocycles. The van der Waals surface area contributed by atoms with E-state index in [1.54, 1.807) is 6.92 Å².